The molecule has 0 unspecified atom stereocenters. The summed E-state index contributed by atoms with van der Waals surface area (Å²) in [5, 5.41) is 2.48. The van der Waals surface area contributed by atoms with Crippen LogP contribution in [0, 0.1) is 0 Å². The van der Waals surface area contributed by atoms with Gasteiger partial charge in [0.15, 0.2) is 0 Å². The molecule has 3 N–H and O–H groups in total. The Morgan fingerprint density at radius 1 is 1.17 bits per heavy atom. The summed E-state index contributed by atoms with van der Waals surface area (Å²) in [6.07, 6.45) is 11.6. The number of carbonyl (C=O) groups is 1. The number of amides is 1. The molecule has 18 heavy (non-hydrogen) atoms. The summed E-state index contributed by atoms with van der Waals surface area (Å²) in [7, 11) is 0. The Morgan fingerprint density at radius 3 is 2.89 bits per heavy atom. The van der Waals surface area contributed by atoms with Crippen molar-refractivity contribution in [2.75, 3.05) is 0 Å². The third-order valence-corrected chi connectivity index (χ3v) is 3.40. The number of rotatable bonds is 3. The highest BCUT2D eigenvalue weighted by atomic mass is 16.2. The zero-order valence-corrected chi connectivity index (χ0v) is 9.94. The molecule has 3 rings (SSSR count). The van der Waals surface area contributed by atoms with E-state index in [9.17, 15) is 4.79 Å². The molecule has 1 aromatic carbocycles. The molecular formula is C15H14N2O. The monoisotopic (exact) mass is 238 g/mol. The largest absolute Gasteiger partial charge is 0.294 e. The molecule has 0 heterocycles. The molecule has 0 radical (unpaired) electrons. The van der Waals surface area contributed by atoms with Gasteiger partial charge >= 0.3 is 0 Å². The average Bonchev–Trinajstić information content (AvgIpc) is 2.99. The number of hydrazine groups is 1. The molecular weight excluding hydrogens is 224 g/mol. The lowest BCUT2D eigenvalue weighted by Gasteiger charge is -2.05. The van der Waals surface area contributed by atoms with Crippen LogP contribution in [-0.2, 0) is 4.79 Å². The molecule has 2 aliphatic carbocycles. The van der Waals surface area contributed by atoms with E-state index in [1.165, 1.54) is 27.1 Å². The first kappa shape index (κ1) is 11.0. The van der Waals surface area contributed by atoms with Gasteiger partial charge in [-0.2, -0.15) is 0 Å². The van der Waals surface area contributed by atoms with Gasteiger partial charge in [-0.25, -0.2) is 5.84 Å². The lowest BCUT2D eigenvalue weighted by molar-refractivity contribution is -0.121. The number of fused-ring (bicyclic) bond motifs is 2. The molecule has 0 aliphatic heterocycles. The fourth-order valence-corrected chi connectivity index (χ4v) is 2.43. The summed E-state index contributed by atoms with van der Waals surface area (Å²) in [5.41, 5.74) is 5.87. The second-order valence-corrected chi connectivity index (χ2v) is 4.52. The first-order valence-corrected chi connectivity index (χ1v) is 6.01. The molecule has 0 spiro atoms. The summed E-state index contributed by atoms with van der Waals surface area (Å²) in [5.74, 6) is 4.96. The molecule has 0 fully saturated rings. The number of hydrogen-bond donors (Lipinski definition) is 2. The number of carbonyl (C=O) groups excluding carboxylic acids is 1. The number of hydrogen-bond acceptors (Lipinski definition) is 2. The van der Waals surface area contributed by atoms with Crippen LogP contribution in [0.5, 0.6) is 0 Å². The predicted octanol–water partition coefficient (Wildman–Crippen LogP) is 0.441. The second-order valence-electron chi connectivity index (χ2n) is 4.52. The Hall–Kier alpha value is -2.13. The Morgan fingerprint density at radius 2 is 2.06 bits per heavy atom. The van der Waals surface area contributed by atoms with E-state index in [1.54, 1.807) is 0 Å². The standard InChI is InChI=1S/C15H14N2O/c16-17-15(18)7-6-10-4-5-13-8-11-2-1-3-12(11)9-14(10)13/h1-5,8-9H,6-7,16H2,(H,17,18). The zero-order valence-electron chi connectivity index (χ0n) is 9.94. The molecule has 90 valence electrons. The van der Waals surface area contributed by atoms with Crippen LogP contribution >= 0.6 is 0 Å². The van der Waals surface area contributed by atoms with Crippen LogP contribution in [0.3, 0.4) is 0 Å². The molecule has 0 atom stereocenters. The number of benzene rings is 1. The van der Waals surface area contributed by atoms with Gasteiger partial charge < -0.3 is 0 Å². The second kappa shape index (κ2) is 4.27. The number of allylic oxidation sites excluding steroid dienone is 3. The minimum atomic E-state index is -0.126. The third kappa shape index (κ3) is 1.79. The van der Waals surface area contributed by atoms with Gasteiger partial charge in [-0.05, 0) is 45.7 Å². The van der Waals surface area contributed by atoms with E-state index in [0.717, 1.165) is 6.42 Å². The molecule has 1 aromatic rings. The smallest absolute Gasteiger partial charge is 0.234 e. The topological polar surface area (TPSA) is 55.1 Å². The summed E-state index contributed by atoms with van der Waals surface area (Å²) >= 11 is 0. The minimum Gasteiger partial charge on any atom is -0.294 e. The summed E-state index contributed by atoms with van der Waals surface area (Å²) in [6.45, 7) is 0. The first-order chi connectivity index (χ1) is 8.78. The van der Waals surface area contributed by atoms with Crippen molar-refractivity contribution in [3.8, 4) is 0 Å². The van der Waals surface area contributed by atoms with Gasteiger partial charge in [-0.3, -0.25) is 10.2 Å². The predicted molar refractivity (Wildman–Crippen MR) is 73.2 cm³/mol. The van der Waals surface area contributed by atoms with E-state index in [4.69, 9.17) is 5.84 Å². The molecule has 0 aromatic heterocycles. The highest BCUT2D eigenvalue weighted by molar-refractivity contribution is 5.83. The Kier molecular flexibility index (Phi) is 2.61. The van der Waals surface area contributed by atoms with Crippen molar-refractivity contribution in [3.05, 3.63) is 45.8 Å². The van der Waals surface area contributed by atoms with Crippen LogP contribution < -0.4 is 21.7 Å². The highest BCUT2D eigenvalue weighted by Gasteiger charge is 2.11. The molecule has 3 heteroatoms. The Labute approximate surface area is 105 Å². The maximum Gasteiger partial charge on any atom is 0.234 e. The van der Waals surface area contributed by atoms with Crippen molar-refractivity contribution >= 4 is 29.7 Å². The lowest BCUT2D eigenvalue weighted by atomic mass is 10.0. The molecule has 0 bridgehead atoms. The van der Waals surface area contributed by atoms with Crippen LogP contribution in [0.2, 0.25) is 0 Å². The van der Waals surface area contributed by atoms with Crippen molar-refractivity contribution in [2.45, 2.75) is 12.8 Å². The van der Waals surface area contributed by atoms with Crippen molar-refractivity contribution in [1.82, 2.24) is 5.43 Å². The number of nitrogens with two attached hydrogens (primary N) is 1. The number of nitrogens with one attached hydrogen (secondary N) is 1. The van der Waals surface area contributed by atoms with E-state index in [0.29, 0.717) is 6.42 Å². The van der Waals surface area contributed by atoms with Gasteiger partial charge in [0.25, 0.3) is 0 Å². The average molecular weight is 238 g/mol. The van der Waals surface area contributed by atoms with Gasteiger partial charge in [-0.1, -0.05) is 30.4 Å². The molecule has 2 aliphatic rings. The van der Waals surface area contributed by atoms with E-state index >= 15 is 0 Å². The van der Waals surface area contributed by atoms with Crippen molar-refractivity contribution < 1.29 is 4.79 Å². The van der Waals surface area contributed by atoms with Crippen molar-refractivity contribution in [2.24, 2.45) is 5.84 Å². The lowest BCUT2D eigenvalue weighted by Crippen LogP contribution is -2.29. The fourth-order valence-electron chi connectivity index (χ4n) is 2.43. The normalized spacial score (nSPS) is 14.4. The Bertz CT molecular complexity index is 696. The van der Waals surface area contributed by atoms with Crippen LogP contribution in [0.4, 0.5) is 0 Å². The SMILES string of the molecule is NNC(=O)CCC1=CC=c2cc3c(cc21)=CC=C3. The highest BCUT2D eigenvalue weighted by Crippen LogP contribution is 2.20. The first-order valence-electron chi connectivity index (χ1n) is 6.01. The summed E-state index contributed by atoms with van der Waals surface area (Å²) in [4.78, 5) is 11.2. The van der Waals surface area contributed by atoms with E-state index < -0.39 is 0 Å². The fraction of sp³-hybridized carbons (Fsp3) is 0.133. The van der Waals surface area contributed by atoms with E-state index in [1.807, 2.05) is 0 Å². The van der Waals surface area contributed by atoms with Crippen LogP contribution in [0.1, 0.15) is 24.0 Å². The molecule has 0 saturated carbocycles. The molecule has 1 amide bonds. The van der Waals surface area contributed by atoms with Crippen molar-refractivity contribution in [3.63, 3.8) is 0 Å². The van der Waals surface area contributed by atoms with Crippen LogP contribution in [0.25, 0.3) is 23.8 Å². The van der Waals surface area contributed by atoms with Crippen LogP contribution in [-0.4, -0.2) is 5.91 Å². The maximum atomic E-state index is 11.2. The van der Waals surface area contributed by atoms with Gasteiger partial charge in [0.05, 0.1) is 0 Å². The van der Waals surface area contributed by atoms with Crippen molar-refractivity contribution in [1.29, 1.82) is 0 Å². The van der Waals surface area contributed by atoms with Crippen LogP contribution in [0.15, 0.2) is 24.3 Å². The van der Waals surface area contributed by atoms with Gasteiger partial charge in [-0.15, -0.1) is 0 Å². The quantitative estimate of drug-likeness (QED) is 0.456. The zero-order chi connectivity index (χ0) is 12.5. The summed E-state index contributed by atoms with van der Waals surface area (Å²) in [6, 6.07) is 4.39. The van der Waals surface area contributed by atoms with Gasteiger partial charge in [0.1, 0.15) is 0 Å². The molecule has 3 nitrogen and oxygen atoms in total. The van der Waals surface area contributed by atoms with E-state index in [2.05, 4.69) is 47.9 Å². The molecule has 0 saturated heterocycles. The van der Waals surface area contributed by atoms with Gasteiger partial charge in [0.2, 0.25) is 5.91 Å². The minimum absolute atomic E-state index is 0.126. The Balaban J connectivity index is 1.88. The van der Waals surface area contributed by atoms with E-state index in [-0.39, 0.29) is 5.91 Å². The summed E-state index contributed by atoms with van der Waals surface area (Å²) < 4.78 is 0. The third-order valence-electron chi connectivity index (χ3n) is 3.40. The van der Waals surface area contributed by atoms with Gasteiger partial charge in [0, 0.05) is 6.42 Å². The maximum absolute atomic E-state index is 11.2.